The zero-order valence-electron chi connectivity index (χ0n) is 7.08. The number of rotatable bonds is 2. The van der Waals surface area contributed by atoms with E-state index in [0.29, 0.717) is 10.2 Å². The van der Waals surface area contributed by atoms with Crippen LogP contribution in [0.2, 0.25) is 0 Å². The Morgan fingerprint density at radius 1 is 1.57 bits per heavy atom. The minimum Gasteiger partial charge on any atom is -0.493 e. The van der Waals surface area contributed by atoms with Crippen molar-refractivity contribution in [1.82, 2.24) is 0 Å². The summed E-state index contributed by atoms with van der Waals surface area (Å²) in [5.41, 5.74) is 5.87. The molecule has 0 saturated heterocycles. The maximum atomic E-state index is 10.6. The van der Waals surface area contributed by atoms with Crippen molar-refractivity contribution < 1.29 is 9.66 Å². The van der Waals surface area contributed by atoms with Crippen LogP contribution >= 0.6 is 31.9 Å². The molecule has 0 fully saturated rings. The lowest BCUT2D eigenvalue weighted by Gasteiger charge is -2.08. The summed E-state index contributed by atoms with van der Waals surface area (Å²) in [5, 5.41) is 10.6. The first-order chi connectivity index (χ1) is 6.49. The van der Waals surface area contributed by atoms with Gasteiger partial charge in [-0.3, -0.25) is 10.1 Å². The number of ether oxygens (including phenoxy) is 1. The standard InChI is InChI=1S/C7H6Br2N2O3/c1-14-7-5(9)4(11(12)13)2-3(8)6(7)10/h2H,10H2,1H3. The molecule has 0 heterocycles. The van der Waals surface area contributed by atoms with Crippen LogP contribution in [0.5, 0.6) is 5.75 Å². The van der Waals surface area contributed by atoms with Gasteiger partial charge in [-0.2, -0.15) is 0 Å². The third kappa shape index (κ3) is 1.83. The molecule has 76 valence electrons. The Bertz CT molecular complexity index is 395. The maximum Gasteiger partial charge on any atom is 0.288 e. The SMILES string of the molecule is COc1c(N)c(Br)cc([N+](=O)[O-])c1Br. The van der Waals surface area contributed by atoms with E-state index >= 15 is 0 Å². The molecule has 0 saturated carbocycles. The van der Waals surface area contributed by atoms with Crippen LogP contribution in [0, 0.1) is 10.1 Å². The third-order valence-electron chi connectivity index (χ3n) is 1.59. The lowest BCUT2D eigenvalue weighted by molar-refractivity contribution is -0.385. The molecule has 0 amide bonds. The van der Waals surface area contributed by atoms with Gasteiger partial charge in [-0.15, -0.1) is 0 Å². The number of nitro benzene ring substituents is 1. The molecule has 0 aliphatic carbocycles. The van der Waals surface area contributed by atoms with E-state index < -0.39 is 4.92 Å². The Kier molecular flexibility index (Phi) is 3.33. The molecule has 5 nitrogen and oxygen atoms in total. The molecular weight excluding hydrogens is 320 g/mol. The summed E-state index contributed by atoms with van der Waals surface area (Å²) in [6, 6.07) is 1.32. The summed E-state index contributed by atoms with van der Waals surface area (Å²) in [6.45, 7) is 0. The predicted molar refractivity (Wildman–Crippen MR) is 59.5 cm³/mol. The number of nitrogens with zero attached hydrogens (tertiary/aromatic N) is 1. The van der Waals surface area contributed by atoms with E-state index in [4.69, 9.17) is 10.5 Å². The summed E-state index contributed by atoms with van der Waals surface area (Å²) >= 11 is 6.17. The fourth-order valence-electron chi connectivity index (χ4n) is 0.937. The minimum absolute atomic E-state index is 0.0945. The van der Waals surface area contributed by atoms with Gasteiger partial charge in [0.05, 0.1) is 22.2 Å². The average molecular weight is 326 g/mol. The van der Waals surface area contributed by atoms with Crippen molar-refractivity contribution in [2.75, 3.05) is 12.8 Å². The van der Waals surface area contributed by atoms with Crippen molar-refractivity contribution in [1.29, 1.82) is 0 Å². The Balaban J connectivity index is 3.50. The van der Waals surface area contributed by atoms with Crippen LogP contribution in [0.3, 0.4) is 0 Å². The Morgan fingerprint density at radius 2 is 2.14 bits per heavy atom. The van der Waals surface area contributed by atoms with Crippen LogP contribution in [-0.4, -0.2) is 12.0 Å². The maximum absolute atomic E-state index is 10.6. The second kappa shape index (κ2) is 4.14. The summed E-state index contributed by atoms with van der Waals surface area (Å²) in [7, 11) is 1.40. The molecule has 0 aromatic heterocycles. The Labute approximate surface area is 96.6 Å². The molecule has 0 atom stereocenters. The molecule has 2 N–H and O–H groups in total. The minimum atomic E-state index is -0.517. The monoisotopic (exact) mass is 324 g/mol. The van der Waals surface area contributed by atoms with E-state index in [1.807, 2.05) is 0 Å². The number of nitrogen functional groups attached to an aromatic ring is 1. The highest BCUT2D eigenvalue weighted by molar-refractivity contribution is 9.11. The summed E-state index contributed by atoms with van der Waals surface area (Å²) in [4.78, 5) is 10.1. The predicted octanol–water partition coefficient (Wildman–Crippen LogP) is 2.71. The average Bonchev–Trinajstić information content (AvgIpc) is 2.12. The van der Waals surface area contributed by atoms with E-state index in [2.05, 4.69) is 31.9 Å². The van der Waals surface area contributed by atoms with Crippen molar-refractivity contribution in [2.45, 2.75) is 0 Å². The van der Waals surface area contributed by atoms with E-state index in [-0.39, 0.29) is 15.9 Å². The number of hydrogen-bond donors (Lipinski definition) is 1. The van der Waals surface area contributed by atoms with Gasteiger partial charge in [0.15, 0.2) is 5.75 Å². The second-order valence-corrected chi connectivity index (χ2v) is 4.04. The first-order valence-electron chi connectivity index (χ1n) is 3.45. The first kappa shape index (κ1) is 11.3. The Hall–Kier alpha value is -0.820. The van der Waals surface area contributed by atoms with Crippen molar-refractivity contribution >= 4 is 43.2 Å². The molecule has 0 radical (unpaired) electrons. The van der Waals surface area contributed by atoms with Gasteiger partial charge < -0.3 is 10.5 Å². The van der Waals surface area contributed by atoms with Gasteiger partial charge in [0.25, 0.3) is 5.69 Å². The summed E-state index contributed by atoms with van der Waals surface area (Å²) in [5.74, 6) is 0.256. The van der Waals surface area contributed by atoms with Crippen molar-refractivity contribution in [2.24, 2.45) is 0 Å². The number of methoxy groups -OCH3 is 1. The van der Waals surface area contributed by atoms with Gasteiger partial charge in [-0.25, -0.2) is 0 Å². The summed E-state index contributed by atoms with van der Waals surface area (Å²) < 4.78 is 5.62. The molecule has 0 spiro atoms. The number of nitrogens with two attached hydrogens (primary N) is 1. The second-order valence-electron chi connectivity index (χ2n) is 2.40. The smallest absolute Gasteiger partial charge is 0.288 e. The highest BCUT2D eigenvalue weighted by Crippen LogP contribution is 2.42. The molecule has 1 aromatic rings. The highest BCUT2D eigenvalue weighted by Gasteiger charge is 2.21. The fourth-order valence-corrected chi connectivity index (χ4v) is 1.97. The van der Waals surface area contributed by atoms with Gasteiger partial charge in [-0.05, 0) is 31.9 Å². The van der Waals surface area contributed by atoms with Crippen molar-refractivity contribution in [3.63, 3.8) is 0 Å². The molecule has 0 unspecified atom stereocenters. The van der Waals surface area contributed by atoms with Crippen molar-refractivity contribution in [3.05, 3.63) is 25.1 Å². The molecule has 0 aliphatic heterocycles. The zero-order chi connectivity index (χ0) is 10.9. The normalized spacial score (nSPS) is 9.93. The number of anilines is 1. The lowest BCUT2D eigenvalue weighted by atomic mass is 10.2. The molecule has 1 rings (SSSR count). The molecule has 0 aliphatic rings. The number of halogens is 2. The number of nitro groups is 1. The van der Waals surface area contributed by atoms with Gasteiger partial charge in [0, 0.05) is 6.07 Å². The quantitative estimate of drug-likeness (QED) is 0.515. The van der Waals surface area contributed by atoms with Crippen LogP contribution in [0.25, 0.3) is 0 Å². The summed E-state index contributed by atoms with van der Waals surface area (Å²) in [6.07, 6.45) is 0. The van der Waals surface area contributed by atoms with Crippen molar-refractivity contribution in [3.8, 4) is 5.75 Å². The van der Waals surface area contributed by atoms with Gasteiger partial charge in [0.2, 0.25) is 0 Å². The molecule has 0 bridgehead atoms. The largest absolute Gasteiger partial charge is 0.493 e. The number of benzene rings is 1. The van der Waals surface area contributed by atoms with Crippen LogP contribution in [0.1, 0.15) is 0 Å². The number of hydrogen-bond acceptors (Lipinski definition) is 4. The van der Waals surface area contributed by atoms with Crippen LogP contribution in [0.15, 0.2) is 15.0 Å². The zero-order valence-corrected chi connectivity index (χ0v) is 10.3. The molecule has 1 aromatic carbocycles. The molecule has 7 heteroatoms. The lowest BCUT2D eigenvalue weighted by Crippen LogP contribution is -1.98. The van der Waals surface area contributed by atoms with Gasteiger partial charge in [0.1, 0.15) is 4.47 Å². The topological polar surface area (TPSA) is 78.4 Å². The van der Waals surface area contributed by atoms with Gasteiger partial charge >= 0.3 is 0 Å². The van der Waals surface area contributed by atoms with E-state index in [0.717, 1.165) is 0 Å². The molecular formula is C7H6Br2N2O3. The van der Waals surface area contributed by atoms with Gasteiger partial charge in [-0.1, -0.05) is 0 Å². The van der Waals surface area contributed by atoms with Crippen LogP contribution in [-0.2, 0) is 0 Å². The highest BCUT2D eigenvalue weighted by atomic mass is 79.9. The van der Waals surface area contributed by atoms with E-state index in [1.54, 1.807) is 0 Å². The third-order valence-corrected chi connectivity index (χ3v) is 3.01. The molecule has 14 heavy (non-hydrogen) atoms. The van der Waals surface area contributed by atoms with E-state index in [9.17, 15) is 10.1 Å². The van der Waals surface area contributed by atoms with Crippen LogP contribution < -0.4 is 10.5 Å². The first-order valence-corrected chi connectivity index (χ1v) is 5.03. The Morgan fingerprint density at radius 3 is 2.57 bits per heavy atom. The fraction of sp³-hybridized carbons (Fsp3) is 0.143. The van der Waals surface area contributed by atoms with E-state index in [1.165, 1.54) is 13.2 Å². The van der Waals surface area contributed by atoms with Crippen LogP contribution in [0.4, 0.5) is 11.4 Å².